The first-order valence-corrected chi connectivity index (χ1v) is 10.5. The van der Waals surface area contributed by atoms with Crippen LogP contribution in [0.3, 0.4) is 0 Å². The number of aromatic nitrogens is 2. The third kappa shape index (κ3) is 3.91. The SMILES string of the molecule is Cc1cccc(NC(=O)CN(C)S(=O)(=O)c2ccc3c(c2)n(C)c(=O)c(=O)n3C)c1. The molecule has 0 atom stereocenters. The van der Waals surface area contributed by atoms with Gasteiger partial charge in [0, 0.05) is 26.8 Å². The van der Waals surface area contributed by atoms with Crippen molar-refractivity contribution < 1.29 is 13.2 Å². The summed E-state index contributed by atoms with van der Waals surface area (Å²) in [5.74, 6) is -0.484. The Kier molecular flexibility index (Phi) is 5.64. The fraction of sp³-hybridized carbons (Fsp3) is 0.250. The van der Waals surface area contributed by atoms with Crippen LogP contribution in [0.2, 0.25) is 0 Å². The highest BCUT2D eigenvalue weighted by Gasteiger charge is 2.24. The molecule has 0 radical (unpaired) electrons. The predicted octanol–water partition coefficient (Wildman–Crippen LogP) is 0.805. The summed E-state index contributed by atoms with van der Waals surface area (Å²) >= 11 is 0. The molecule has 2 aromatic carbocycles. The van der Waals surface area contributed by atoms with Crippen LogP contribution in [0.25, 0.3) is 11.0 Å². The van der Waals surface area contributed by atoms with Gasteiger partial charge in [-0.25, -0.2) is 8.42 Å². The van der Waals surface area contributed by atoms with Gasteiger partial charge in [0.15, 0.2) is 0 Å². The highest BCUT2D eigenvalue weighted by atomic mass is 32.2. The average molecular weight is 430 g/mol. The number of benzene rings is 2. The first-order valence-electron chi connectivity index (χ1n) is 9.05. The van der Waals surface area contributed by atoms with Gasteiger partial charge in [-0.1, -0.05) is 12.1 Å². The molecule has 3 rings (SSSR count). The van der Waals surface area contributed by atoms with Crippen LogP contribution < -0.4 is 16.4 Å². The zero-order valence-corrected chi connectivity index (χ0v) is 17.9. The van der Waals surface area contributed by atoms with E-state index in [9.17, 15) is 22.8 Å². The number of sulfonamides is 1. The molecule has 9 nitrogen and oxygen atoms in total. The highest BCUT2D eigenvalue weighted by Crippen LogP contribution is 2.20. The summed E-state index contributed by atoms with van der Waals surface area (Å²) in [6.45, 7) is 1.50. The molecule has 0 saturated heterocycles. The van der Waals surface area contributed by atoms with E-state index in [0.29, 0.717) is 16.7 Å². The molecule has 0 aliphatic carbocycles. The molecule has 0 fully saturated rings. The molecule has 3 aromatic rings. The molecule has 1 N–H and O–H groups in total. The number of aryl methyl sites for hydroxylation is 3. The first-order chi connectivity index (χ1) is 14.0. The number of carbonyl (C=O) groups is 1. The molecule has 158 valence electrons. The van der Waals surface area contributed by atoms with Crippen molar-refractivity contribution in [2.75, 3.05) is 18.9 Å². The minimum atomic E-state index is -4.01. The van der Waals surface area contributed by atoms with Crippen LogP contribution in [0, 0.1) is 6.92 Å². The third-order valence-corrected chi connectivity index (χ3v) is 6.64. The number of amides is 1. The maximum Gasteiger partial charge on any atom is 0.316 e. The molecule has 30 heavy (non-hydrogen) atoms. The summed E-state index contributed by atoms with van der Waals surface area (Å²) < 4.78 is 29.1. The molecular formula is C20H22N4O5S. The Morgan fingerprint density at radius 2 is 1.63 bits per heavy atom. The summed E-state index contributed by atoms with van der Waals surface area (Å²) in [6.07, 6.45) is 0. The van der Waals surface area contributed by atoms with Gasteiger partial charge in [0.1, 0.15) is 0 Å². The van der Waals surface area contributed by atoms with Gasteiger partial charge in [0.25, 0.3) is 0 Å². The van der Waals surface area contributed by atoms with Crippen molar-refractivity contribution in [2.45, 2.75) is 11.8 Å². The lowest BCUT2D eigenvalue weighted by atomic mass is 10.2. The number of hydrogen-bond donors (Lipinski definition) is 1. The Morgan fingerprint density at radius 1 is 1.00 bits per heavy atom. The van der Waals surface area contributed by atoms with Gasteiger partial charge in [0.2, 0.25) is 15.9 Å². The van der Waals surface area contributed by atoms with E-state index in [2.05, 4.69) is 5.32 Å². The molecule has 1 amide bonds. The average Bonchev–Trinajstić information content (AvgIpc) is 2.70. The molecule has 0 bridgehead atoms. The van der Waals surface area contributed by atoms with Crippen molar-refractivity contribution in [1.29, 1.82) is 0 Å². The van der Waals surface area contributed by atoms with E-state index >= 15 is 0 Å². The topological polar surface area (TPSA) is 110 Å². The third-order valence-electron chi connectivity index (χ3n) is 4.84. The predicted molar refractivity (Wildman–Crippen MR) is 114 cm³/mol. The lowest BCUT2D eigenvalue weighted by molar-refractivity contribution is -0.116. The summed E-state index contributed by atoms with van der Waals surface area (Å²) in [6, 6.07) is 11.3. The van der Waals surface area contributed by atoms with E-state index in [4.69, 9.17) is 0 Å². The van der Waals surface area contributed by atoms with Crippen LogP contribution in [0.5, 0.6) is 0 Å². The number of anilines is 1. The zero-order valence-electron chi connectivity index (χ0n) is 17.0. The van der Waals surface area contributed by atoms with Crippen molar-refractivity contribution in [3.05, 3.63) is 68.7 Å². The van der Waals surface area contributed by atoms with E-state index < -0.39 is 27.0 Å². The second kappa shape index (κ2) is 7.88. The normalized spacial score (nSPS) is 11.8. The Hall–Kier alpha value is -3.24. The quantitative estimate of drug-likeness (QED) is 0.602. The van der Waals surface area contributed by atoms with Gasteiger partial charge in [-0.3, -0.25) is 14.4 Å². The summed E-state index contributed by atoms with van der Waals surface area (Å²) in [7, 11) is 0.143. The second-order valence-electron chi connectivity index (χ2n) is 7.06. The molecule has 0 spiro atoms. The minimum Gasteiger partial charge on any atom is -0.325 e. The van der Waals surface area contributed by atoms with E-state index in [1.54, 1.807) is 18.2 Å². The molecule has 1 aromatic heterocycles. The monoisotopic (exact) mass is 430 g/mol. The first kappa shape index (κ1) is 21.5. The maximum atomic E-state index is 13.0. The largest absolute Gasteiger partial charge is 0.325 e. The Morgan fingerprint density at radius 3 is 2.27 bits per heavy atom. The van der Waals surface area contributed by atoms with Crippen molar-refractivity contribution in [2.24, 2.45) is 14.1 Å². The fourth-order valence-corrected chi connectivity index (χ4v) is 4.26. The van der Waals surface area contributed by atoms with Crippen LogP contribution in [0.15, 0.2) is 56.9 Å². The minimum absolute atomic E-state index is 0.0884. The lowest BCUT2D eigenvalue weighted by Crippen LogP contribution is -2.39. The van der Waals surface area contributed by atoms with Gasteiger partial charge < -0.3 is 14.5 Å². The lowest BCUT2D eigenvalue weighted by Gasteiger charge is -2.18. The van der Waals surface area contributed by atoms with Crippen molar-refractivity contribution in [3.63, 3.8) is 0 Å². The standard InChI is InChI=1S/C20H22N4O5S/c1-13-6-5-7-14(10-13)21-18(25)12-22(2)30(28,29)15-8-9-16-17(11-15)24(4)20(27)19(26)23(16)3/h5-11H,12H2,1-4H3,(H,21,25). The van der Waals surface area contributed by atoms with Gasteiger partial charge >= 0.3 is 11.1 Å². The number of likely N-dealkylation sites (N-methyl/N-ethyl adjacent to an activating group) is 1. The van der Waals surface area contributed by atoms with Gasteiger partial charge in [-0.2, -0.15) is 4.31 Å². The van der Waals surface area contributed by atoms with E-state index in [1.165, 1.54) is 43.9 Å². The van der Waals surface area contributed by atoms with E-state index in [0.717, 1.165) is 14.4 Å². The van der Waals surface area contributed by atoms with Crippen LogP contribution in [-0.2, 0) is 28.9 Å². The molecule has 0 aliphatic rings. The maximum absolute atomic E-state index is 13.0. The number of hydrogen-bond acceptors (Lipinski definition) is 5. The van der Waals surface area contributed by atoms with Crippen molar-refractivity contribution >= 4 is 32.7 Å². The summed E-state index contributed by atoms with van der Waals surface area (Å²) in [5.41, 5.74) is 0.787. The number of nitrogens with one attached hydrogen (secondary N) is 1. The Bertz CT molecular complexity index is 1370. The number of nitrogens with zero attached hydrogens (tertiary/aromatic N) is 3. The number of fused-ring (bicyclic) bond motifs is 1. The van der Waals surface area contributed by atoms with Crippen molar-refractivity contribution in [1.82, 2.24) is 13.4 Å². The van der Waals surface area contributed by atoms with Crippen LogP contribution >= 0.6 is 0 Å². The molecule has 0 saturated carbocycles. The van der Waals surface area contributed by atoms with E-state index in [-0.39, 0.29) is 11.4 Å². The van der Waals surface area contributed by atoms with Gasteiger partial charge in [-0.15, -0.1) is 0 Å². The summed E-state index contributed by atoms with van der Waals surface area (Å²) in [4.78, 5) is 36.2. The highest BCUT2D eigenvalue weighted by molar-refractivity contribution is 7.89. The smallest absolute Gasteiger partial charge is 0.316 e. The molecule has 0 aliphatic heterocycles. The van der Waals surface area contributed by atoms with Gasteiger partial charge in [-0.05, 0) is 42.8 Å². The van der Waals surface area contributed by atoms with Gasteiger partial charge in [0.05, 0.1) is 22.5 Å². The molecule has 0 unspecified atom stereocenters. The van der Waals surface area contributed by atoms with Crippen LogP contribution in [0.4, 0.5) is 5.69 Å². The molecule has 10 heteroatoms. The number of rotatable bonds is 5. The second-order valence-corrected chi connectivity index (χ2v) is 9.10. The molecule has 1 heterocycles. The number of carbonyl (C=O) groups excluding carboxylic acids is 1. The van der Waals surface area contributed by atoms with Crippen molar-refractivity contribution in [3.8, 4) is 0 Å². The van der Waals surface area contributed by atoms with Crippen LogP contribution in [-0.4, -0.2) is 41.4 Å². The molecular weight excluding hydrogens is 408 g/mol. The zero-order chi connectivity index (χ0) is 22.2. The Balaban J connectivity index is 1.90. The van der Waals surface area contributed by atoms with Crippen LogP contribution in [0.1, 0.15) is 5.56 Å². The summed E-state index contributed by atoms with van der Waals surface area (Å²) in [5, 5.41) is 2.67. The van der Waals surface area contributed by atoms with E-state index in [1.807, 2.05) is 13.0 Å². The fourth-order valence-electron chi connectivity index (χ4n) is 3.11. The Labute approximate surface area is 173 Å².